The van der Waals surface area contributed by atoms with Gasteiger partial charge in [0.15, 0.2) is 0 Å². The Kier molecular flexibility index (Phi) is 6.93. The molecule has 0 saturated carbocycles. The molecule has 3 N–H and O–H groups in total. The number of nitrogens with one attached hydrogen (secondary N) is 1. The molecule has 0 aromatic rings. The minimum absolute atomic E-state index is 0.192. The summed E-state index contributed by atoms with van der Waals surface area (Å²) in [6.07, 6.45) is 6.77. The van der Waals surface area contributed by atoms with Crippen molar-refractivity contribution in [2.75, 3.05) is 39.3 Å². The van der Waals surface area contributed by atoms with Crippen molar-refractivity contribution in [2.24, 2.45) is 5.73 Å². The highest BCUT2D eigenvalue weighted by atomic mass is 16.2. The fourth-order valence-corrected chi connectivity index (χ4v) is 3.27. The van der Waals surface area contributed by atoms with Gasteiger partial charge in [-0.3, -0.25) is 9.69 Å². The molecule has 5 heteroatoms. The Morgan fingerprint density at radius 1 is 1.10 bits per heavy atom. The zero-order valence-corrected chi connectivity index (χ0v) is 13.5. The van der Waals surface area contributed by atoms with Crippen molar-refractivity contribution in [3.05, 3.63) is 0 Å². The van der Waals surface area contributed by atoms with Crippen molar-refractivity contribution in [1.29, 1.82) is 0 Å². The summed E-state index contributed by atoms with van der Waals surface area (Å²) in [5, 5.41) is 3.22. The van der Waals surface area contributed by atoms with Crippen molar-refractivity contribution in [3.63, 3.8) is 0 Å². The van der Waals surface area contributed by atoms with E-state index in [2.05, 4.69) is 22.0 Å². The fraction of sp³-hybridized carbons (Fsp3) is 0.938. The van der Waals surface area contributed by atoms with Gasteiger partial charge in [-0.25, -0.2) is 0 Å². The SMILES string of the molecule is CCCCN1CCC(NC(=O)CN2CCC(N)CC2)CC1. The molecule has 0 atom stereocenters. The Balaban J connectivity index is 1.60. The Hall–Kier alpha value is -0.650. The van der Waals surface area contributed by atoms with Gasteiger partial charge in [0.2, 0.25) is 5.91 Å². The van der Waals surface area contributed by atoms with E-state index in [1.807, 2.05) is 0 Å². The monoisotopic (exact) mass is 296 g/mol. The number of nitrogens with zero attached hydrogens (tertiary/aromatic N) is 2. The van der Waals surface area contributed by atoms with Gasteiger partial charge in [0.05, 0.1) is 6.54 Å². The van der Waals surface area contributed by atoms with Crippen molar-refractivity contribution in [3.8, 4) is 0 Å². The molecule has 2 aliphatic heterocycles. The topological polar surface area (TPSA) is 61.6 Å². The molecule has 0 aliphatic carbocycles. The average Bonchev–Trinajstić information content (AvgIpc) is 2.49. The summed E-state index contributed by atoms with van der Waals surface area (Å²) in [5.74, 6) is 0.192. The number of piperidine rings is 2. The standard InChI is InChI=1S/C16H32N4O/c1-2-3-8-19-11-6-15(7-12-19)18-16(21)13-20-9-4-14(17)5-10-20/h14-15H,2-13,17H2,1H3,(H,18,21). The van der Waals surface area contributed by atoms with Gasteiger partial charge >= 0.3 is 0 Å². The van der Waals surface area contributed by atoms with Crippen LogP contribution in [-0.4, -0.2) is 67.1 Å². The molecule has 0 bridgehead atoms. The lowest BCUT2D eigenvalue weighted by atomic mass is 10.0. The van der Waals surface area contributed by atoms with Gasteiger partial charge in [-0.15, -0.1) is 0 Å². The summed E-state index contributed by atoms with van der Waals surface area (Å²) in [6, 6.07) is 0.708. The van der Waals surface area contributed by atoms with Crippen molar-refractivity contribution >= 4 is 5.91 Å². The number of carbonyl (C=O) groups excluding carboxylic acids is 1. The molecule has 2 fully saturated rings. The highest BCUT2D eigenvalue weighted by molar-refractivity contribution is 5.78. The van der Waals surface area contributed by atoms with Gasteiger partial charge in [0.25, 0.3) is 0 Å². The van der Waals surface area contributed by atoms with Crippen molar-refractivity contribution in [2.45, 2.75) is 57.5 Å². The van der Waals surface area contributed by atoms with E-state index in [9.17, 15) is 4.79 Å². The van der Waals surface area contributed by atoms with Crippen LogP contribution in [0.1, 0.15) is 45.4 Å². The highest BCUT2D eigenvalue weighted by Crippen LogP contribution is 2.12. The first-order valence-electron chi connectivity index (χ1n) is 8.67. The summed E-state index contributed by atoms with van der Waals surface area (Å²) in [5.41, 5.74) is 5.89. The van der Waals surface area contributed by atoms with E-state index in [-0.39, 0.29) is 5.91 Å². The molecule has 122 valence electrons. The molecule has 0 aromatic heterocycles. The normalized spacial score (nSPS) is 23.3. The minimum Gasteiger partial charge on any atom is -0.352 e. The zero-order valence-electron chi connectivity index (χ0n) is 13.5. The van der Waals surface area contributed by atoms with Gasteiger partial charge in [0, 0.05) is 38.3 Å². The molecule has 2 saturated heterocycles. The fourth-order valence-electron chi connectivity index (χ4n) is 3.27. The number of unbranched alkanes of at least 4 members (excludes halogenated alkanes) is 1. The number of hydrogen-bond acceptors (Lipinski definition) is 4. The maximum Gasteiger partial charge on any atom is 0.234 e. The highest BCUT2D eigenvalue weighted by Gasteiger charge is 2.22. The smallest absolute Gasteiger partial charge is 0.234 e. The predicted molar refractivity (Wildman–Crippen MR) is 86.2 cm³/mol. The summed E-state index contributed by atoms with van der Waals surface area (Å²) in [7, 11) is 0. The van der Waals surface area contributed by atoms with E-state index in [1.54, 1.807) is 0 Å². The van der Waals surface area contributed by atoms with Crippen LogP contribution in [0.2, 0.25) is 0 Å². The molecule has 2 aliphatic rings. The maximum absolute atomic E-state index is 12.1. The second-order valence-electron chi connectivity index (χ2n) is 6.65. The Bertz CT molecular complexity index is 307. The third-order valence-corrected chi connectivity index (χ3v) is 4.78. The largest absolute Gasteiger partial charge is 0.352 e. The van der Waals surface area contributed by atoms with E-state index in [0.29, 0.717) is 18.6 Å². The summed E-state index contributed by atoms with van der Waals surface area (Å²) < 4.78 is 0. The first-order valence-corrected chi connectivity index (χ1v) is 8.67. The van der Waals surface area contributed by atoms with Crippen LogP contribution in [0.25, 0.3) is 0 Å². The molecule has 2 rings (SSSR count). The first kappa shape index (κ1) is 16.7. The van der Waals surface area contributed by atoms with E-state index in [0.717, 1.165) is 51.9 Å². The van der Waals surface area contributed by atoms with Crippen LogP contribution in [0, 0.1) is 0 Å². The molecule has 21 heavy (non-hydrogen) atoms. The van der Waals surface area contributed by atoms with E-state index >= 15 is 0 Å². The van der Waals surface area contributed by atoms with Crippen LogP contribution < -0.4 is 11.1 Å². The number of rotatable bonds is 6. The molecule has 1 amide bonds. The summed E-state index contributed by atoms with van der Waals surface area (Å²) >= 11 is 0. The van der Waals surface area contributed by atoms with Crippen LogP contribution in [-0.2, 0) is 4.79 Å². The van der Waals surface area contributed by atoms with Crippen LogP contribution in [0.5, 0.6) is 0 Å². The van der Waals surface area contributed by atoms with Gasteiger partial charge in [0.1, 0.15) is 0 Å². The van der Waals surface area contributed by atoms with Gasteiger partial charge in [-0.1, -0.05) is 13.3 Å². The van der Waals surface area contributed by atoms with Gasteiger partial charge < -0.3 is 16.0 Å². The third kappa shape index (κ3) is 5.93. The maximum atomic E-state index is 12.1. The Morgan fingerprint density at radius 2 is 1.71 bits per heavy atom. The van der Waals surface area contributed by atoms with Crippen LogP contribution in [0.15, 0.2) is 0 Å². The zero-order chi connectivity index (χ0) is 15.1. The van der Waals surface area contributed by atoms with E-state index in [4.69, 9.17) is 5.73 Å². The third-order valence-electron chi connectivity index (χ3n) is 4.78. The molecule has 0 spiro atoms. The number of carbonyl (C=O) groups is 1. The number of amides is 1. The van der Waals surface area contributed by atoms with Crippen LogP contribution >= 0.6 is 0 Å². The van der Waals surface area contributed by atoms with E-state index in [1.165, 1.54) is 19.4 Å². The second-order valence-corrected chi connectivity index (χ2v) is 6.65. The minimum atomic E-state index is 0.192. The van der Waals surface area contributed by atoms with Crippen LogP contribution in [0.3, 0.4) is 0 Å². The van der Waals surface area contributed by atoms with Crippen LogP contribution in [0.4, 0.5) is 0 Å². The lowest BCUT2D eigenvalue weighted by Gasteiger charge is -2.33. The number of likely N-dealkylation sites (tertiary alicyclic amines) is 2. The molecule has 0 unspecified atom stereocenters. The molecule has 0 aromatic carbocycles. The van der Waals surface area contributed by atoms with Crippen molar-refractivity contribution < 1.29 is 4.79 Å². The van der Waals surface area contributed by atoms with Gasteiger partial charge in [-0.2, -0.15) is 0 Å². The van der Waals surface area contributed by atoms with E-state index < -0.39 is 0 Å². The molecule has 0 radical (unpaired) electrons. The number of nitrogens with two attached hydrogens (primary N) is 1. The Labute approximate surface area is 129 Å². The quantitative estimate of drug-likeness (QED) is 0.761. The summed E-state index contributed by atoms with van der Waals surface area (Å²) in [4.78, 5) is 16.9. The Morgan fingerprint density at radius 3 is 2.33 bits per heavy atom. The first-order chi connectivity index (χ1) is 10.2. The second kappa shape index (κ2) is 8.71. The molecule has 2 heterocycles. The predicted octanol–water partition coefficient (Wildman–Crippen LogP) is 0.790. The molecular formula is C16H32N4O. The summed E-state index contributed by atoms with van der Waals surface area (Å²) in [6.45, 7) is 8.18. The lowest BCUT2D eigenvalue weighted by Crippen LogP contribution is -2.49. The molecule has 5 nitrogen and oxygen atoms in total. The van der Waals surface area contributed by atoms with Crippen molar-refractivity contribution in [1.82, 2.24) is 15.1 Å². The average molecular weight is 296 g/mol. The molecular weight excluding hydrogens is 264 g/mol. The number of hydrogen-bond donors (Lipinski definition) is 2. The van der Waals surface area contributed by atoms with Gasteiger partial charge in [-0.05, 0) is 38.6 Å². The lowest BCUT2D eigenvalue weighted by molar-refractivity contribution is -0.123.